The molecule has 0 spiro atoms. The number of piperazine rings is 1. The number of aryl methyl sites for hydroxylation is 1. The average molecular weight is 367 g/mol. The third-order valence-electron chi connectivity index (χ3n) is 5.23. The summed E-state index contributed by atoms with van der Waals surface area (Å²) in [6.45, 7) is 10.0. The number of carbonyl (C=O) groups excluding carboxylic acids is 1. The Labute approximate surface area is 161 Å². The molecule has 0 radical (unpaired) electrons. The third kappa shape index (κ3) is 4.80. The molecule has 1 atom stereocenters. The summed E-state index contributed by atoms with van der Waals surface area (Å²) >= 11 is 0. The Kier molecular flexibility index (Phi) is 6.01. The Hall–Kier alpha value is -2.53. The lowest BCUT2D eigenvalue weighted by Crippen LogP contribution is -2.44. The van der Waals surface area contributed by atoms with E-state index in [9.17, 15) is 4.79 Å². The number of nitrogens with one attached hydrogen (secondary N) is 1. The summed E-state index contributed by atoms with van der Waals surface area (Å²) in [5, 5.41) is 2.94. The van der Waals surface area contributed by atoms with Gasteiger partial charge in [-0.25, -0.2) is 0 Å². The Morgan fingerprint density at radius 1 is 1.04 bits per heavy atom. The third-order valence-corrected chi connectivity index (χ3v) is 5.23. The minimum absolute atomic E-state index is 0.150. The molecule has 5 nitrogen and oxygen atoms in total. The van der Waals surface area contributed by atoms with Crippen molar-refractivity contribution in [2.45, 2.75) is 26.9 Å². The van der Waals surface area contributed by atoms with E-state index in [-0.39, 0.29) is 5.91 Å². The molecule has 5 heteroatoms. The van der Waals surface area contributed by atoms with Crippen LogP contribution in [0, 0.1) is 13.8 Å². The number of carbonyl (C=O) groups is 1. The maximum Gasteiger partial charge on any atom is 0.265 e. The second kappa shape index (κ2) is 8.44. The molecule has 1 heterocycles. The van der Waals surface area contributed by atoms with Gasteiger partial charge in [0.05, 0.1) is 0 Å². The van der Waals surface area contributed by atoms with E-state index in [0.29, 0.717) is 0 Å². The highest BCUT2D eigenvalue weighted by atomic mass is 16.5. The van der Waals surface area contributed by atoms with E-state index in [1.54, 1.807) is 6.92 Å². The number of likely N-dealkylation sites (N-methyl/N-ethyl adjacent to an activating group) is 1. The maximum atomic E-state index is 12.5. The molecule has 1 N–H and O–H groups in total. The van der Waals surface area contributed by atoms with Crippen molar-refractivity contribution in [2.75, 3.05) is 43.4 Å². The van der Waals surface area contributed by atoms with Gasteiger partial charge >= 0.3 is 0 Å². The fraction of sp³-hybridized carbons (Fsp3) is 0.409. The number of ether oxygens (including phenoxy) is 1. The first kappa shape index (κ1) is 19.2. The Morgan fingerprint density at radius 2 is 1.70 bits per heavy atom. The molecule has 0 aliphatic carbocycles. The van der Waals surface area contributed by atoms with Crippen LogP contribution in [0.4, 0.5) is 11.4 Å². The first-order valence-corrected chi connectivity index (χ1v) is 9.51. The molecule has 1 aliphatic rings. The summed E-state index contributed by atoms with van der Waals surface area (Å²) in [6, 6.07) is 13.9. The van der Waals surface area contributed by atoms with Gasteiger partial charge < -0.3 is 19.9 Å². The number of benzene rings is 2. The van der Waals surface area contributed by atoms with Crippen LogP contribution < -0.4 is 15.0 Å². The highest BCUT2D eigenvalue weighted by molar-refractivity contribution is 5.94. The maximum absolute atomic E-state index is 12.5. The molecular weight excluding hydrogens is 338 g/mol. The van der Waals surface area contributed by atoms with Crippen LogP contribution in [0.5, 0.6) is 5.75 Å². The Bertz CT molecular complexity index is 781. The molecular formula is C22H29N3O2. The number of hydrogen-bond donors (Lipinski definition) is 1. The second-order valence-electron chi connectivity index (χ2n) is 7.28. The predicted octanol–water partition coefficient (Wildman–Crippen LogP) is 3.46. The summed E-state index contributed by atoms with van der Waals surface area (Å²) in [4.78, 5) is 17.2. The van der Waals surface area contributed by atoms with Crippen molar-refractivity contribution in [1.82, 2.24) is 4.90 Å². The minimum Gasteiger partial charge on any atom is -0.481 e. The van der Waals surface area contributed by atoms with Crippen molar-refractivity contribution in [1.29, 1.82) is 0 Å². The SMILES string of the molecule is Cc1cccc(O[C@@H](C)C(=O)Nc2ccc(N3CCN(C)CC3)cc2)c1C. The van der Waals surface area contributed by atoms with E-state index < -0.39 is 6.10 Å². The van der Waals surface area contributed by atoms with Crippen LogP contribution in [0.2, 0.25) is 0 Å². The van der Waals surface area contributed by atoms with Gasteiger partial charge in [0.1, 0.15) is 5.75 Å². The molecule has 1 saturated heterocycles. The Morgan fingerprint density at radius 3 is 2.37 bits per heavy atom. The van der Waals surface area contributed by atoms with Crippen molar-refractivity contribution >= 4 is 17.3 Å². The van der Waals surface area contributed by atoms with E-state index in [0.717, 1.165) is 48.7 Å². The quantitative estimate of drug-likeness (QED) is 0.879. The number of nitrogens with zero attached hydrogens (tertiary/aromatic N) is 2. The van der Waals surface area contributed by atoms with Gasteiger partial charge in [0.15, 0.2) is 6.10 Å². The Balaban J connectivity index is 1.58. The van der Waals surface area contributed by atoms with E-state index in [1.807, 2.05) is 44.2 Å². The first-order chi connectivity index (χ1) is 12.9. The zero-order chi connectivity index (χ0) is 19.4. The highest BCUT2D eigenvalue weighted by Gasteiger charge is 2.17. The van der Waals surface area contributed by atoms with Crippen molar-refractivity contribution in [2.24, 2.45) is 0 Å². The van der Waals surface area contributed by atoms with E-state index >= 15 is 0 Å². The fourth-order valence-corrected chi connectivity index (χ4v) is 3.16. The van der Waals surface area contributed by atoms with Gasteiger partial charge in [-0.15, -0.1) is 0 Å². The lowest BCUT2D eigenvalue weighted by atomic mass is 10.1. The predicted molar refractivity (Wildman–Crippen MR) is 111 cm³/mol. The van der Waals surface area contributed by atoms with Gasteiger partial charge in [0.25, 0.3) is 5.91 Å². The van der Waals surface area contributed by atoms with Crippen molar-refractivity contribution in [3.63, 3.8) is 0 Å². The largest absolute Gasteiger partial charge is 0.481 e. The molecule has 1 aliphatic heterocycles. The molecule has 0 aromatic heterocycles. The summed E-state index contributed by atoms with van der Waals surface area (Å²) < 4.78 is 5.86. The molecule has 1 amide bonds. The minimum atomic E-state index is -0.567. The van der Waals surface area contributed by atoms with Crippen molar-refractivity contribution in [3.05, 3.63) is 53.6 Å². The molecule has 2 aromatic carbocycles. The molecule has 2 aromatic rings. The van der Waals surface area contributed by atoms with E-state index in [2.05, 4.69) is 34.3 Å². The average Bonchev–Trinajstić information content (AvgIpc) is 2.66. The van der Waals surface area contributed by atoms with Crippen LogP contribution >= 0.6 is 0 Å². The van der Waals surface area contributed by atoms with Crippen LogP contribution in [0.1, 0.15) is 18.1 Å². The van der Waals surface area contributed by atoms with Crippen molar-refractivity contribution < 1.29 is 9.53 Å². The normalized spacial score (nSPS) is 16.1. The van der Waals surface area contributed by atoms with Gasteiger partial charge in [0, 0.05) is 37.6 Å². The van der Waals surface area contributed by atoms with Crippen LogP contribution in [0.25, 0.3) is 0 Å². The number of amides is 1. The molecule has 1 fully saturated rings. The molecule has 144 valence electrons. The number of anilines is 2. The summed E-state index contributed by atoms with van der Waals surface area (Å²) in [7, 11) is 2.15. The van der Waals surface area contributed by atoms with Gasteiger partial charge in [-0.1, -0.05) is 12.1 Å². The van der Waals surface area contributed by atoms with Crippen LogP contribution in [-0.2, 0) is 4.79 Å². The van der Waals surface area contributed by atoms with Gasteiger partial charge in [-0.05, 0) is 69.3 Å². The smallest absolute Gasteiger partial charge is 0.265 e. The first-order valence-electron chi connectivity index (χ1n) is 9.51. The monoisotopic (exact) mass is 367 g/mol. The molecule has 0 saturated carbocycles. The topological polar surface area (TPSA) is 44.8 Å². The molecule has 0 unspecified atom stereocenters. The lowest BCUT2D eigenvalue weighted by Gasteiger charge is -2.34. The zero-order valence-electron chi connectivity index (χ0n) is 16.7. The van der Waals surface area contributed by atoms with E-state index in [1.165, 1.54) is 5.69 Å². The standard InChI is InChI=1S/C22H29N3O2/c1-16-6-5-7-21(17(16)2)27-18(3)22(26)23-19-8-10-20(11-9-19)25-14-12-24(4)13-15-25/h5-11,18H,12-15H2,1-4H3,(H,23,26)/t18-/m0/s1. The number of rotatable bonds is 5. The van der Waals surface area contributed by atoms with E-state index in [4.69, 9.17) is 4.74 Å². The second-order valence-corrected chi connectivity index (χ2v) is 7.28. The zero-order valence-corrected chi connectivity index (χ0v) is 16.7. The lowest BCUT2D eigenvalue weighted by molar-refractivity contribution is -0.122. The fourth-order valence-electron chi connectivity index (χ4n) is 3.16. The van der Waals surface area contributed by atoms with Gasteiger partial charge in [-0.2, -0.15) is 0 Å². The molecule has 3 rings (SSSR count). The van der Waals surface area contributed by atoms with Crippen LogP contribution in [0.15, 0.2) is 42.5 Å². The summed E-state index contributed by atoms with van der Waals surface area (Å²) in [6.07, 6.45) is -0.567. The molecule has 27 heavy (non-hydrogen) atoms. The number of hydrogen-bond acceptors (Lipinski definition) is 4. The van der Waals surface area contributed by atoms with Gasteiger partial charge in [-0.3, -0.25) is 4.79 Å². The highest BCUT2D eigenvalue weighted by Crippen LogP contribution is 2.23. The summed E-state index contributed by atoms with van der Waals surface area (Å²) in [5.74, 6) is 0.603. The van der Waals surface area contributed by atoms with Crippen LogP contribution in [-0.4, -0.2) is 50.1 Å². The van der Waals surface area contributed by atoms with Gasteiger partial charge in [0.2, 0.25) is 0 Å². The molecule has 0 bridgehead atoms. The van der Waals surface area contributed by atoms with Crippen molar-refractivity contribution in [3.8, 4) is 5.75 Å². The summed E-state index contributed by atoms with van der Waals surface area (Å²) in [5.41, 5.74) is 4.20. The van der Waals surface area contributed by atoms with Crippen LogP contribution in [0.3, 0.4) is 0 Å².